The Balaban J connectivity index is 1.96. The minimum Gasteiger partial charge on any atom is -0.493 e. The fourth-order valence-corrected chi connectivity index (χ4v) is 5.12. The summed E-state index contributed by atoms with van der Waals surface area (Å²) in [7, 11) is -2.60. The Morgan fingerprint density at radius 3 is 2.24 bits per heavy atom. The second kappa shape index (κ2) is 13.1. The van der Waals surface area contributed by atoms with E-state index in [1.165, 1.54) is 18.2 Å². The molecule has 0 N–H and O–H groups in total. The second-order valence-electron chi connectivity index (χ2n) is 8.78. The van der Waals surface area contributed by atoms with Crippen LogP contribution in [-0.4, -0.2) is 28.0 Å². The molecule has 0 heterocycles. The summed E-state index contributed by atoms with van der Waals surface area (Å²) in [6.07, 6.45) is 6.70. The standard InChI is InChI=1S/C30H35NO5S/c1-5-7-8-24-11-15-26(16-12-24)31(37(33,34)27-17-9-23(3)10-18-27)30(32)20-14-25-13-19-28(36-21-6-2)29(22-25)35-4/h9-20,22H,5-8,21H2,1-4H3/b20-14+. The molecule has 0 saturated heterocycles. The van der Waals surface area contributed by atoms with E-state index in [-0.39, 0.29) is 10.6 Å². The number of rotatable bonds is 12. The highest BCUT2D eigenvalue weighted by Crippen LogP contribution is 2.29. The summed E-state index contributed by atoms with van der Waals surface area (Å²) < 4.78 is 39.2. The van der Waals surface area contributed by atoms with Crippen LogP contribution in [0.3, 0.4) is 0 Å². The maximum atomic E-state index is 13.6. The zero-order valence-electron chi connectivity index (χ0n) is 21.9. The second-order valence-corrected chi connectivity index (χ2v) is 10.6. The molecule has 0 atom stereocenters. The summed E-state index contributed by atoms with van der Waals surface area (Å²) in [6.45, 7) is 6.58. The van der Waals surface area contributed by atoms with Crippen molar-refractivity contribution >= 4 is 27.7 Å². The molecule has 7 heteroatoms. The molecule has 0 radical (unpaired) electrons. The molecule has 1 amide bonds. The third-order valence-electron chi connectivity index (χ3n) is 5.82. The summed E-state index contributed by atoms with van der Waals surface area (Å²) in [5.41, 5.74) is 2.99. The predicted octanol–water partition coefficient (Wildman–Crippen LogP) is 6.57. The molecule has 0 spiro atoms. The smallest absolute Gasteiger partial charge is 0.271 e. The Morgan fingerprint density at radius 1 is 0.919 bits per heavy atom. The summed E-state index contributed by atoms with van der Waals surface area (Å²) in [4.78, 5) is 13.5. The van der Waals surface area contributed by atoms with Crippen LogP contribution >= 0.6 is 0 Å². The zero-order valence-corrected chi connectivity index (χ0v) is 22.8. The van der Waals surface area contributed by atoms with Gasteiger partial charge in [-0.2, -0.15) is 4.31 Å². The van der Waals surface area contributed by atoms with Crippen molar-refractivity contribution in [2.24, 2.45) is 0 Å². The van der Waals surface area contributed by atoms with Gasteiger partial charge in [-0.15, -0.1) is 0 Å². The van der Waals surface area contributed by atoms with Crippen molar-refractivity contribution in [2.45, 2.75) is 51.3 Å². The van der Waals surface area contributed by atoms with E-state index < -0.39 is 15.9 Å². The molecule has 0 aromatic heterocycles. The van der Waals surface area contributed by atoms with Crippen LogP contribution in [0.1, 0.15) is 49.8 Å². The highest BCUT2D eigenvalue weighted by Gasteiger charge is 2.29. The normalized spacial score (nSPS) is 11.5. The van der Waals surface area contributed by atoms with Gasteiger partial charge in [-0.3, -0.25) is 4.79 Å². The number of hydrogen-bond acceptors (Lipinski definition) is 5. The number of unbranched alkanes of at least 4 members (excludes halogenated alkanes) is 1. The number of sulfonamides is 1. The third kappa shape index (κ3) is 7.23. The zero-order chi connectivity index (χ0) is 26.8. The van der Waals surface area contributed by atoms with Gasteiger partial charge in [0.2, 0.25) is 0 Å². The number of ether oxygens (including phenoxy) is 2. The van der Waals surface area contributed by atoms with Gasteiger partial charge in [-0.05, 0) is 79.8 Å². The fraction of sp³-hybridized carbons (Fsp3) is 0.300. The van der Waals surface area contributed by atoms with Crippen molar-refractivity contribution in [2.75, 3.05) is 18.0 Å². The lowest BCUT2D eigenvalue weighted by Gasteiger charge is -2.22. The van der Waals surface area contributed by atoms with Gasteiger partial charge in [0.05, 0.1) is 24.3 Å². The van der Waals surface area contributed by atoms with Gasteiger partial charge < -0.3 is 9.47 Å². The Hall–Kier alpha value is -3.58. The largest absolute Gasteiger partial charge is 0.493 e. The number of benzene rings is 3. The van der Waals surface area contributed by atoms with Crippen molar-refractivity contribution in [3.05, 3.63) is 89.5 Å². The van der Waals surface area contributed by atoms with Crippen molar-refractivity contribution < 1.29 is 22.7 Å². The third-order valence-corrected chi connectivity index (χ3v) is 7.56. The van der Waals surface area contributed by atoms with E-state index in [0.717, 1.165) is 41.1 Å². The highest BCUT2D eigenvalue weighted by molar-refractivity contribution is 7.93. The number of carbonyl (C=O) groups excluding carboxylic acids is 1. The van der Waals surface area contributed by atoms with Gasteiger partial charge in [0.15, 0.2) is 11.5 Å². The van der Waals surface area contributed by atoms with Crippen LogP contribution in [-0.2, 0) is 21.2 Å². The van der Waals surface area contributed by atoms with Crippen LogP contribution in [0.15, 0.2) is 77.7 Å². The van der Waals surface area contributed by atoms with Crippen LogP contribution in [0.5, 0.6) is 11.5 Å². The molecule has 0 aliphatic carbocycles. The van der Waals surface area contributed by atoms with Crippen molar-refractivity contribution in [3.8, 4) is 11.5 Å². The Morgan fingerprint density at radius 2 is 1.62 bits per heavy atom. The first-order valence-electron chi connectivity index (χ1n) is 12.5. The van der Waals surface area contributed by atoms with Gasteiger partial charge >= 0.3 is 0 Å². The molecule has 37 heavy (non-hydrogen) atoms. The van der Waals surface area contributed by atoms with Crippen LogP contribution < -0.4 is 13.8 Å². The average molecular weight is 522 g/mol. The predicted molar refractivity (Wildman–Crippen MR) is 149 cm³/mol. The Bertz CT molecular complexity index is 1310. The molecule has 0 unspecified atom stereocenters. The molecule has 3 aromatic rings. The van der Waals surface area contributed by atoms with E-state index in [4.69, 9.17) is 9.47 Å². The van der Waals surface area contributed by atoms with Crippen molar-refractivity contribution in [1.82, 2.24) is 0 Å². The van der Waals surface area contributed by atoms with E-state index in [2.05, 4.69) is 6.92 Å². The minimum atomic E-state index is -4.15. The van der Waals surface area contributed by atoms with E-state index in [9.17, 15) is 13.2 Å². The lowest BCUT2D eigenvalue weighted by Crippen LogP contribution is -2.35. The number of methoxy groups -OCH3 is 1. The van der Waals surface area contributed by atoms with E-state index in [1.807, 2.05) is 26.0 Å². The summed E-state index contributed by atoms with van der Waals surface area (Å²) in [5, 5.41) is 0. The molecule has 0 aliphatic heterocycles. The number of amides is 1. The van der Waals surface area contributed by atoms with Crippen molar-refractivity contribution in [1.29, 1.82) is 0 Å². The number of hydrogen-bond donors (Lipinski definition) is 0. The molecule has 3 aromatic carbocycles. The van der Waals surface area contributed by atoms with E-state index in [0.29, 0.717) is 23.7 Å². The lowest BCUT2D eigenvalue weighted by molar-refractivity contribution is -0.113. The van der Waals surface area contributed by atoms with Crippen LogP contribution in [0, 0.1) is 6.92 Å². The number of aryl methyl sites for hydroxylation is 2. The maximum absolute atomic E-state index is 13.6. The number of nitrogens with zero attached hydrogens (tertiary/aromatic N) is 1. The monoisotopic (exact) mass is 521 g/mol. The van der Waals surface area contributed by atoms with Crippen LogP contribution in [0.2, 0.25) is 0 Å². The van der Waals surface area contributed by atoms with Gasteiger partial charge in [0.1, 0.15) is 0 Å². The SMILES string of the molecule is CCCCc1ccc(N(C(=O)/C=C/c2ccc(OCCC)c(OC)c2)S(=O)(=O)c2ccc(C)cc2)cc1. The molecule has 0 saturated carbocycles. The average Bonchev–Trinajstić information content (AvgIpc) is 2.90. The van der Waals surface area contributed by atoms with Crippen molar-refractivity contribution in [3.63, 3.8) is 0 Å². The van der Waals surface area contributed by atoms with Gasteiger partial charge in [-0.1, -0.05) is 56.2 Å². The topological polar surface area (TPSA) is 72.9 Å². The first kappa shape index (κ1) is 28.0. The first-order valence-corrected chi connectivity index (χ1v) is 14.0. The van der Waals surface area contributed by atoms with Crippen LogP contribution in [0.4, 0.5) is 5.69 Å². The highest BCUT2D eigenvalue weighted by atomic mass is 32.2. The first-order chi connectivity index (χ1) is 17.8. The fourth-order valence-electron chi connectivity index (χ4n) is 3.73. The number of anilines is 1. The van der Waals surface area contributed by atoms with Gasteiger partial charge in [0, 0.05) is 6.08 Å². The molecule has 0 aliphatic rings. The number of carbonyl (C=O) groups is 1. The molecule has 196 valence electrons. The van der Waals surface area contributed by atoms with Gasteiger partial charge in [-0.25, -0.2) is 8.42 Å². The summed E-state index contributed by atoms with van der Waals surface area (Å²) in [6, 6.07) is 18.9. The quantitative estimate of drug-likeness (QED) is 0.252. The minimum absolute atomic E-state index is 0.0500. The molecular formula is C30H35NO5S. The molecular weight excluding hydrogens is 486 g/mol. The summed E-state index contributed by atoms with van der Waals surface area (Å²) >= 11 is 0. The lowest BCUT2D eigenvalue weighted by atomic mass is 10.1. The van der Waals surface area contributed by atoms with E-state index >= 15 is 0 Å². The molecule has 6 nitrogen and oxygen atoms in total. The van der Waals surface area contributed by atoms with E-state index in [1.54, 1.807) is 55.7 Å². The maximum Gasteiger partial charge on any atom is 0.271 e. The Labute approximate surface area is 220 Å². The molecule has 3 rings (SSSR count). The molecule has 0 bridgehead atoms. The van der Waals surface area contributed by atoms with Gasteiger partial charge in [0.25, 0.3) is 15.9 Å². The molecule has 0 fully saturated rings. The van der Waals surface area contributed by atoms with Crippen LogP contribution in [0.25, 0.3) is 6.08 Å². The Kier molecular flexibility index (Phi) is 9.92. The summed E-state index contributed by atoms with van der Waals surface area (Å²) in [5.74, 6) is 0.474.